The molecule has 1 aliphatic heterocycles. The molecular formula is C18H24N4O2S. The number of carbonyl (C=O) groups excluding carboxylic acids is 1. The van der Waals surface area contributed by atoms with Crippen molar-refractivity contribution in [2.45, 2.75) is 19.5 Å². The van der Waals surface area contributed by atoms with Crippen LogP contribution >= 0.6 is 11.3 Å². The van der Waals surface area contributed by atoms with Gasteiger partial charge in [-0.25, -0.2) is 4.98 Å². The summed E-state index contributed by atoms with van der Waals surface area (Å²) in [6.07, 6.45) is 0. The first-order valence-electron chi connectivity index (χ1n) is 8.42. The van der Waals surface area contributed by atoms with Crippen LogP contribution in [0.5, 0.6) is 5.75 Å². The van der Waals surface area contributed by atoms with Crippen LogP contribution in [0.3, 0.4) is 0 Å². The average Bonchev–Trinajstić information content (AvgIpc) is 3.10. The smallest absolute Gasteiger partial charge is 0.239 e. The van der Waals surface area contributed by atoms with Crippen LogP contribution in [0.15, 0.2) is 29.6 Å². The highest BCUT2D eigenvalue weighted by Crippen LogP contribution is 2.26. The topological polar surface area (TPSA) is 71.7 Å². The van der Waals surface area contributed by atoms with E-state index in [1.807, 2.05) is 29.2 Å². The number of methoxy groups -OCH3 is 1. The van der Waals surface area contributed by atoms with E-state index < -0.39 is 6.04 Å². The third-order valence-corrected chi connectivity index (χ3v) is 5.29. The van der Waals surface area contributed by atoms with Crippen LogP contribution in [0.25, 0.3) is 10.6 Å². The summed E-state index contributed by atoms with van der Waals surface area (Å²) in [6, 6.07) is 7.53. The van der Waals surface area contributed by atoms with E-state index in [9.17, 15) is 4.79 Å². The van der Waals surface area contributed by atoms with E-state index >= 15 is 0 Å². The molecule has 0 unspecified atom stereocenters. The molecule has 1 saturated heterocycles. The van der Waals surface area contributed by atoms with E-state index in [4.69, 9.17) is 15.5 Å². The maximum Gasteiger partial charge on any atom is 0.239 e. The van der Waals surface area contributed by atoms with E-state index in [1.165, 1.54) is 0 Å². The summed E-state index contributed by atoms with van der Waals surface area (Å²) in [7, 11) is 1.66. The molecule has 1 fully saturated rings. The number of hydrogen-bond donors (Lipinski definition) is 1. The minimum Gasteiger partial charge on any atom is -0.497 e. The van der Waals surface area contributed by atoms with Crippen LogP contribution in [0, 0.1) is 0 Å². The lowest BCUT2D eigenvalue weighted by atomic mass is 10.2. The summed E-state index contributed by atoms with van der Waals surface area (Å²) in [5.41, 5.74) is 7.85. The van der Waals surface area contributed by atoms with E-state index in [1.54, 1.807) is 25.4 Å². The van der Waals surface area contributed by atoms with Crippen LogP contribution in [-0.4, -0.2) is 60.0 Å². The van der Waals surface area contributed by atoms with E-state index in [2.05, 4.69) is 10.3 Å². The standard InChI is InChI=1S/C18H24N4O2S/c1-13(19)18(23)22-9-7-21(8-10-22)11-15-12-25-17(20-15)14-3-5-16(24-2)6-4-14/h3-6,12-13H,7-11,19H2,1-2H3/t13-/m1/s1. The van der Waals surface area contributed by atoms with Crippen molar-refractivity contribution < 1.29 is 9.53 Å². The van der Waals surface area contributed by atoms with Crippen molar-refractivity contribution in [1.29, 1.82) is 0 Å². The SMILES string of the molecule is COc1ccc(-c2nc(CN3CCN(C(=O)[C@@H](C)N)CC3)cs2)cc1. The van der Waals surface area contributed by atoms with E-state index in [0.29, 0.717) is 0 Å². The van der Waals surface area contributed by atoms with Crippen molar-refractivity contribution in [1.82, 2.24) is 14.8 Å². The Morgan fingerprint density at radius 1 is 1.28 bits per heavy atom. The zero-order valence-corrected chi connectivity index (χ0v) is 15.5. The number of nitrogens with two attached hydrogens (primary N) is 1. The molecule has 0 saturated carbocycles. The van der Waals surface area contributed by atoms with Gasteiger partial charge in [0.15, 0.2) is 0 Å². The fourth-order valence-corrected chi connectivity index (χ4v) is 3.71. The molecule has 2 N–H and O–H groups in total. The number of benzene rings is 1. The molecule has 2 aromatic rings. The van der Waals surface area contributed by atoms with Crippen LogP contribution in [0.4, 0.5) is 0 Å². The number of thiazole rings is 1. The quantitative estimate of drug-likeness (QED) is 0.880. The number of piperazine rings is 1. The fourth-order valence-electron chi connectivity index (χ4n) is 2.89. The van der Waals surface area contributed by atoms with Gasteiger partial charge in [0, 0.05) is 43.7 Å². The number of nitrogens with zero attached hydrogens (tertiary/aromatic N) is 3. The Morgan fingerprint density at radius 2 is 1.96 bits per heavy atom. The zero-order chi connectivity index (χ0) is 17.8. The molecule has 134 valence electrons. The van der Waals surface area contributed by atoms with Gasteiger partial charge in [0.25, 0.3) is 0 Å². The average molecular weight is 360 g/mol. The summed E-state index contributed by atoms with van der Waals surface area (Å²) < 4.78 is 5.19. The Hall–Kier alpha value is -1.96. The molecule has 0 spiro atoms. The molecule has 7 heteroatoms. The molecule has 25 heavy (non-hydrogen) atoms. The third kappa shape index (κ3) is 4.36. The van der Waals surface area contributed by atoms with Gasteiger partial charge in [0.2, 0.25) is 5.91 Å². The van der Waals surface area contributed by atoms with Crippen molar-refractivity contribution >= 4 is 17.2 Å². The van der Waals surface area contributed by atoms with E-state index in [-0.39, 0.29) is 5.91 Å². The lowest BCUT2D eigenvalue weighted by Gasteiger charge is -2.35. The number of aromatic nitrogens is 1. The van der Waals surface area contributed by atoms with Gasteiger partial charge in [-0.05, 0) is 31.2 Å². The summed E-state index contributed by atoms with van der Waals surface area (Å²) in [5.74, 6) is 0.884. The highest BCUT2D eigenvalue weighted by atomic mass is 32.1. The Morgan fingerprint density at radius 3 is 2.56 bits per heavy atom. The Balaban J connectivity index is 1.56. The molecule has 1 aromatic heterocycles. The lowest BCUT2D eigenvalue weighted by Crippen LogP contribution is -2.52. The first-order chi connectivity index (χ1) is 12.1. The van der Waals surface area contributed by atoms with Gasteiger partial charge < -0.3 is 15.4 Å². The molecule has 0 radical (unpaired) electrons. The molecule has 0 aliphatic carbocycles. The highest BCUT2D eigenvalue weighted by Gasteiger charge is 2.23. The zero-order valence-electron chi connectivity index (χ0n) is 14.6. The molecular weight excluding hydrogens is 336 g/mol. The molecule has 1 aromatic carbocycles. The van der Waals surface area contributed by atoms with Gasteiger partial charge in [-0.3, -0.25) is 9.69 Å². The summed E-state index contributed by atoms with van der Waals surface area (Å²) in [6.45, 7) is 5.73. The normalized spacial score (nSPS) is 16.7. The minimum absolute atomic E-state index is 0.0371. The van der Waals surface area contributed by atoms with Gasteiger partial charge >= 0.3 is 0 Å². The molecule has 2 heterocycles. The van der Waals surface area contributed by atoms with Gasteiger partial charge in [-0.15, -0.1) is 11.3 Å². The number of carbonyl (C=O) groups is 1. The Kier molecular flexibility index (Phi) is 5.67. The van der Waals surface area contributed by atoms with Crippen molar-refractivity contribution in [3.8, 4) is 16.3 Å². The van der Waals surface area contributed by atoms with Gasteiger partial charge in [0.1, 0.15) is 10.8 Å². The molecule has 6 nitrogen and oxygen atoms in total. The minimum atomic E-state index is -0.419. The molecule has 0 bridgehead atoms. The Labute approximate surface area is 152 Å². The van der Waals surface area contributed by atoms with Crippen molar-refractivity contribution in [2.24, 2.45) is 5.73 Å². The van der Waals surface area contributed by atoms with Gasteiger partial charge in [-0.1, -0.05) is 0 Å². The maximum absolute atomic E-state index is 11.9. The van der Waals surface area contributed by atoms with Crippen molar-refractivity contribution in [3.05, 3.63) is 35.3 Å². The first kappa shape index (κ1) is 17.8. The number of hydrogen-bond acceptors (Lipinski definition) is 6. The summed E-state index contributed by atoms with van der Waals surface area (Å²) in [5, 5.41) is 3.13. The Bertz CT molecular complexity index is 706. The maximum atomic E-state index is 11.9. The number of ether oxygens (including phenoxy) is 1. The second-order valence-electron chi connectivity index (χ2n) is 6.26. The predicted molar refractivity (Wildman–Crippen MR) is 99.6 cm³/mol. The summed E-state index contributed by atoms with van der Waals surface area (Å²) in [4.78, 5) is 20.9. The second kappa shape index (κ2) is 7.95. The third-order valence-electron chi connectivity index (χ3n) is 4.35. The van der Waals surface area contributed by atoms with Gasteiger partial charge in [-0.2, -0.15) is 0 Å². The number of amides is 1. The highest BCUT2D eigenvalue weighted by molar-refractivity contribution is 7.13. The molecule has 3 rings (SSSR count). The van der Waals surface area contributed by atoms with Gasteiger partial charge in [0.05, 0.1) is 18.8 Å². The lowest BCUT2D eigenvalue weighted by molar-refractivity contribution is -0.134. The van der Waals surface area contributed by atoms with Crippen LogP contribution in [0.2, 0.25) is 0 Å². The molecule has 1 amide bonds. The molecule has 1 aliphatic rings. The van der Waals surface area contributed by atoms with Crippen LogP contribution < -0.4 is 10.5 Å². The fraction of sp³-hybridized carbons (Fsp3) is 0.444. The molecule has 1 atom stereocenters. The van der Waals surface area contributed by atoms with Crippen molar-refractivity contribution in [2.75, 3.05) is 33.3 Å². The van der Waals surface area contributed by atoms with Crippen LogP contribution in [0.1, 0.15) is 12.6 Å². The monoisotopic (exact) mass is 360 g/mol. The number of rotatable bonds is 5. The largest absolute Gasteiger partial charge is 0.497 e. The first-order valence-corrected chi connectivity index (χ1v) is 9.30. The predicted octanol–water partition coefficient (Wildman–Crippen LogP) is 1.81. The van der Waals surface area contributed by atoms with Crippen LogP contribution in [-0.2, 0) is 11.3 Å². The second-order valence-corrected chi connectivity index (χ2v) is 7.12. The van der Waals surface area contributed by atoms with E-state index in [0.717, 1.165) is 54.7 Å². The summed E-state index contributed by atoms with van der Waals surface area (Å²) >= 11 is 1.65. The van der Waals surface area contributed by atoms with Crippen molar-refractivity contribution in [3.63, 3.8) is 0 Å².